The second-order valence-corrected chi connectivity index (χ2v) is 4.75. The van der Waals surface area contributed by atoms with Crippen molar-refractivity contribution in [3.05, 3.63) is 21.3 Å². The van der Waals surface area contributed by atoms with Gasteiger partial charge in [-0.15, -0.1) is 11.3 Å². The van der Waals surface area contributed by atoms with E-state index in [4.69, 9.17) is 16.7 Å². The Kier molecular flexibility index (Phi) is 4.06. The minimum atomic E-state index is -0.180. The van der Waals surface area contributed by atoms with Crippen LogP contribution in [0.25, 0.3) is 0 Å². The molecule has 68 valence electrons. The van der Waals surface area contributed by atoms with Crippen molar-refractivity contribution in [3.8, 4) is 0 Å². The van der Waals surface area contributed by atoms with Crippen molar-refractivity contribution in [2.24, 2.45) is 0 Å². The summed E-state index contributed by atoms with van der Waals surface area (Å²) in [6.45, 7) is 1.82. The van der Waals surface area contributed by atoms with E-state index in [9.17, 15) is 0 Å². The Bertz CT molecular complexity index is 232. The second kappa shape index (κ2) is 4.85. The molecule has 0 aliphatic carbocycles. The summed E-state index contributed by atoms with van der Waals surface area (Å²) in [6, 6.07) is 3.97. The molecule has 0 aromatic carbocycles. The lowest BCUT2D eigenvalue weighted by molar-refractivity contribution is 0.182. The van der Waals surface area contributed by atoms with E-state index in [1.165, 1.54) is 4.88 Å². The van der Waals surface area contributed by atoms with Gasteiger partial charge in [-0.2, -0.15) is 0 Å². The first-order valence-electron chi connectivity index (χ1n) is 4.11. The van der Waals surface area contributed by atoms with E-state index < -0.39 is 0 Å². The highest BCUT2D eigenvalue weighted by Crippen LogP contribution is 2.22. The van der Waals surface area contributed by atoms with Gasteiger partial charge in [0.05, 0.1) is 10.4 Å². The number of aliphatic hydroxyl groups excluding tert-OH is 1. The molecule has 0 fully saturated rings. The fraction of sp³-hybridized carbons (Fsp3) is 0.556. The lowest BCUT2D eigenvalue weighted by atomic mass is 10.1. The first-order chi connectivity index (χ1) is 5.68. The zero-order valence-corrected chi connectivity index (χ0v) is 8.66. The van der Waals surface area contributed by atoms with Crippen molar-refractivity contribution in [3.63, 3.8) is 0 Å². The molecule has 3 heteroatoms. The molecule has 1 N–H and O–H groups in total. The maximum atomic E-state index is 9.01. The standard InChI is InChI=1S/C9H13ClOS/c1-7(11)3-2-4-8-5-6-9(10)12-8/h5-7,11H,2-4H2,1H3. The van der Waals surface area contributed by atoms with Crippen molar-refractivity contribution < 1.29 is 5.11 Å². The average Bonchev–Trinajstić information content (AvgIpc) is 2.35. The molecule has 0 saturated carbocycles. The van der Waals surface area contributed by atoms with Gasteiger partial charge in [0, 0.05) is 4.88 Å². The van der Waals surface area contributed by atoms with Gasteiger partial charge in [0.1, 0.15) is 0 Å². The van der Waals surface area contributed by atoms with Crippen LogP contribution in [0.1, 0.15) is 24.6 Å². The zero-order chi connectivity index (χ0) is 8.97. The summed E-state index contributed by atoms with van der Waals surface area (Å²) in [4.78, 5) is 1.31. The molecule has 0 saturated heterocycles. The molecule has 1 atom stereocenters. The first-order valence-corrected chi connectivity index (χ1v) is 5.30. The summed E-state index contributed by atoms with van der Waals surface area (Å²) < 4.78 is 0.849. The lowest BCUT2D eigenvalue weighted by Gasteiger charge is -2.01. The largest absolute Gasteiger partial charge is 0.393 e. The lowest BCUT2D eigenvalue weighted by Crippen LogP contribution is -1.99. The van der Waals surface area contributed by atoms with Crippen molar-refractivity contribution in [1.29, 1.82) is 0 Å². The summed E-state index contributed by atoms with van der Waals surface area (Å²) >= 11 is 7.39. The highest BCUT2D eigenvalue weighted by molar-refractivity contribution is 7.16. The molecule has 1 unspecified atom stereocenters. The third-order valence-corrected chi connectivity index (χ3v) is 2.96. The fourth-order valence-corrected chi connectivity index (χ4v) is 2.19. The van der Waals surface area contributed by atoms with E-state index >= 15 is 0 Å². The van der Waals surface area contributed by atoms with E-state index in [2.05, 4.69) is 6.07 Å². The number of hydrogen-bond acceptors (Lipinski definition) is 2. The van der Waals surface area contributed by atoms with Crippen LogP contribution in [0.3, 0.4) is 0 Å². The summed E-state index contributed by atoms with van der Waals surface area (Å²) in [7, 11) is 0. The Hall–Kier alpha value is -0.0500. The van der Waals surface area contributed by atoms with Gasteiger partial charge in [-0.1, -0.05) is 11.6 Å². The maximum Gasteiger partial charge on any atom is 0.0931 e. The van der Waals surface area contributed by atoms with Gasteiger partial charge in [0.25, 0.3) is 0 Å². The molecule has 1 heterocycles. The quantitative estimate of drug-likeness (QED) is 0.799. The molecule has 0 bridgehead atoms. The van der Waals surface area contributed by atoms with Crippen molar-refractivity contribution in [2.75, 3.05) is 0 Å². The molecule has 0 amide bonds. The molecule has 1 nitrogen and oxygen atoms in total. The fourth-order valence-electron chi connectivity index (χ4n) is 1.06. The van der Waals surface area contributed by atoms with Crippen LogP contribution in [0.4, 0.5) is 0 Å². The summed E-state index contributed by atoms with van der Waals surface area (Å²) in [5.41, 5.74) is 0. The van der Waals surface area contributed by atoms with E-state index in [1.54, 1.807) is 11.3 Å². The zero-order valence-electron chi connectivity index (χ0n) is 7.09. The molecular formula is C9H13ClOS. The van der Waals surface area contributed by atoms with E-state index in [1.807, 2.05) is 13.0 Å². The Morgan fingerprint density at radius 3 is 2.83 bits per heavy atom. The van der Waals surface area contributed by atoms with Crippen LogP contribution in [0.5, 0.6) is 0 Å². The third kappa shape index (κ3) is 3.57. The maximum absolute atomic E-state index is 9.01. The molecule has 1 rings (SSSR count). The predicted octanol–water partition coefficient (Wildman–Crippen LogP) is 3.11. The normalized spacial score (nSPS) is 13.2. The smallest absolute Gasteiger partial charge is 0.0931 e. The van der Waals surface area contributed by atoms with Crippen LogP contribution in [-0.4, -0.2) is 11.2 Å². The van der Waals surface area contributed by atoms with Crippen LogP contribution >= 0.6 is 22.9 Å². The number of thiophene rings is 1. The Labute approximate surface area is 82.0 Å². The number of aryl methyl sites for hydroxylation is 1. The van der Waals surface area contributed by atoms with Crippen LogP contribution in [0.2, 0.25) is 4.34 Å². The topological polar surface area (TPSA) is 20.2 Å². The van der Waals surface area contributed by atoms with Crippen molar-refractivity contribution >= 4 is 22.9 Å². The van der Waals surface area contributed by atoms with Gasteiger partial charge < -0.3 is 5.11 Å². The Balaban J connectivity index is 2.24. The Morgan fingerprint density at radius 2 is 2.33 bits per heavy atom. The van der Waals surface area contributed by atoms with Crippen molar-refractivity contribution in [1.82, 2.24) is 0 Å². The number of rotatable bonds is 4. The van der Waals surface area contributed by atoms with E-state index in [0.29, 0.717) is 0 Å². The van der Waals surface area contributed by atoms with Crippen LogP contribution in [-0.2, 0) is 6.42 Å². The molecule has 1 aromatic heterocycles. The predicted molar refractivity (Wildman–Crippen MR) is 53.9 cm³/mol. The SMILES string of the molecule is CC(O)CCCc1ccc(Cl)s1. The van der Waals surface area contributed by atoms with Crippen molar-refractivity contribution in [2.45, 2.75) is 32.3 Å². The molecule has 0 radical (unpaired) electrons. The molecule has 1 aromatic rings. The average molecular weight is 205 g/mol. The van der Waals surface area contributed by atoms with Crippen LogP contribution in [0.15, 0.2) is 12.1 Å². The Morgan fingerprint density at radius 1 is 1.58 bits per heavy atom. The van der Waals surface area contributed by atoms with Crippen LogP contribution in [0, 0.1) is 0 Å². The summed E-state index contributed by atoms with van der Waals surface area (Å²) in [6.07, 6.45) is 2.76. The van der Waals surface area contributed by atoms with E-state index in [0.717, 1.165) is 23.6 Å². The number of aliphatic hydroxyl groups is 1. The molecule has 0 aliphatic rings. The summed E-state index contributed by atoms with van der Waals surface area (Å²) in [5, 5.41) is 9.01. The highest BCUT2D eigenvalue weighted by atomic mass is 35.5. The molecular weight excluding hydrogens is 192 g/mol. The monoisotopic (exact) mass is 204 g/mol. The minimum Gasteiger partial charge on any atom is -0.393 e. The molecule has 0 spiro atoms. The number of hydrogen-bond donors (Lipinski definition) is 1. The molecule has 12 heavy (non-hydrogen) atoms. The van der Waals surface area contributed by atoms with Gasteiger partial charge in [0.15, 0.2) is 0 Å². The van der Waals surface area contributed by atoms with Gasteiger partial charge in [-0.3, -0.25) is 0 Å². The molecule has 0 aliphatic heterocycles. The van der Waals surface area contributed by atoms with Gasteiger partial charge in [-0.05, 0) is 38.3 Å². The van der Waals surface area contributed by atoms with Gasteiger partial charge >= 0.3 is 0 Å². The second-order valence-electron chi connectivity index (χ2n) is 2.95. The van der Waals surface area contributed by atoms with Gasteiger partial charge in [-0.25, -0.2) is 0 Å². The number of halogens is 1. The minimum absolute atomic E-state index is 0.180. The van der Waals surface area contributed by atoms with E-state index in [-0.39, 0.29) is 6.10 Å². The summed E-state index contributed by atoms with van der Waals surface area (Å²) in [5.74, 6) is 0. The van der Waals surface area contributed by atoms with Gasteiger partial charge in [0.2, 0.25) is 0 Å². The first kappa shape index (κ1) is 10.0. The van der Waals surface area contributed by atoms with Crippen LogP contribution < -0.4 is 0 Å². The third-order valence-electron chi connectivity index (χ3n) is 1.67. The highest BCUT2D eigenvalue weighted by Gasteiger charge is 1.99.